The highest BCUT2D eigenvalue weighted by Crippen LogP contribution is 2.30. The van der Waals surface area contributed by atoms with E-state index in [0.717, 1.165) is 0 Å². The number of hydrogen-bond donors (Lipinski definition) is 2. The Bertz CT molecular complexity index is 369. The van der Waals surface area contributed by atoms with Gasteiger partial charge in [0.1, 0.15) is 6.33 Å². The van der Waals surface area contributed by atoms with Gasteiger partial charge < -0.3 is 24.5 Å². The van der Waals surface area contributed by atoms with Gasteiger partial charge in [-0.15, -0.1) is 0 Å². The first-order valence-corrected chi connectivity index (χ1v) is 5.86. The van der Waals surface area contributed by atoms with Crippen LogP contribution in [0.25, 0.3) is 0 Å². The summed E-state index contributed by atoms with van der Waals surface area (Å²) in [5.41, 5.74) is 2.49. The number of nitrogens with two attached hydrogens (primary N) is 1. The van der Waals surface area contributed by atoms with Crippen molar-refractivity contribution in [1.29, 1.82) is 0 Å². The first-order chi connectivity index (χ1) is 9.28. The van der Waals surface area contributed by atoms with E-state index in [1.54, 1.807) is 21.3 Å². The molecule has 19 heavy (non-hydrogen) atoms. The van der Waals surface area contributed by atoms with Gasteiger partial charge in [0.05, 0.1) is 20.3 Å². The number of hydrogen-bond acceptors (Lipinski definition) is 8. The molecule has 0 saturated heterocycles. The summed E-state index contributed by atoms with van der Waals surface area (Å²) in [4.78, 5) is 10.3. The highest BCUT2D eigenvalue weighted by atomic mass is 16.5. The van der Waals surface area contributed by atoms with Crippen LogP contribution in [0.5, 0.6) is 5.75 Å². The maximum absolute atomic E-state index is 5.41. The molecule has 0 fully saturated rings. The predicted octanol–water partition coefficient (Wildman–Crippen LogP) is -0.130. The summed E-state index contributed by atoms with van der Waals surface area (Å²) in [5, 5.41) is 0. The normalized spacial score (nSPS) is 10.3. The van der Waals surface area contributed by atoms with Gasteiger partial charge in [-0.3, -0.25) is 0 Å². The summed E-state index contributed by atoms with van der Waals surface area (Å²) >= 11 is 0. The number of nitrogens with zero attached hydrogens (tertiary/aromatic N) is 3. The number of hydrazine groups is 1. The van der Waals surface area contributed by atoms with Gasteiger partial charge in [-0.25, -0.2) is 15.8 Å². The van der Waals surface area contributed by atoms with Gasteiger partial charge in [0.25, 0.3) is 0 Å². The van der Waals surface area contributed by atoms with Gasteiger partial charge in [-0.05, 0) is 0 Å². The van der Waals surface area contributed by atoms with Crippen molar-refractivity contribution in [2.75, 3.05) is 58.0 Å². The second kappa shape index (κ2) is 8.46. The molecule has 0 amide bonds. The number of anilines is 2. The molecule has 0 unspecified atom stereocenters. The molecular formula is C11H21N5O3. The largest absolute Gasteiger partial charge is 0.490 e. The van der Waals surface area contributed by atoms with Crippen LogP contribution >= 0.6 is 0 Å². The fraction of sp³-hybridized carbons (Fsp3) is 0.636. The monoisotopic (exact) mass is 271 g/mol. The Kier molecular flexibility index (Phi) is 6.86. The lowest BCUT2D eigenvalue weighted by Crippen LogP contribution is -2.32. The third kappa shape index (κ3) is 4.19. The molecule has 8 heteroatoms. The highest BCUT2D eigenvalue weighted by Gasteiger charge is 2.17. The quantitative estimate of drug-likeness (QED) is 0.474. The maximum atomic E-state index is 5.41. The average molecular weight is 271 g/mol. The van der Waals surface area contributed by atoms with Crippen molar-refractivity contribution in [2.45, 2.75) is 0 Å². The molecule has 0 spiro atoms. The van der Waals surface area contributed by atoms with Crippen LogP contribution in [0.1, 0.15) is 0 Å². The van der Waals surface area contributed by atoms with Crippen molar-refractivity contribution in [2.24, 2.45) is 5.84 Å². The van der Waals surface area contributed by atoms with E-state index in [1.807, 2.05) is 4.90 Å². The van der Waals surface area contributed by atoms with Gasteiger partial charge in [-0.2, -0.15) is 0 Å². The molecule has 8 nitrogen and oxygen atoms in total. The number of ether oxygens (including phenoxy) is 3. The second-order valence-corrected chi connectivity index (χ2v) is 3.70. The second-order valence-electron chi connectivity index (χ2n) is 3.70. The molecule has 1 heterocycles. The lowest BCUT2D eigenvalue weighted by atomic mass is 10.4. The Morgan fingerprint density at radius 3 is 2.26 bits per heavy atom. The lowest BCUT2D eigenvalue weighted by molar-refractivity contribution is 0.189. The zero-order valence-electron chi connectivity index (χ0n) is 11.5. The number of aromatic nitrogens is 2. The summed E-state index contributed by atoms with van der Waals surface area (Å²) in [7, 11) is 4.85. The van der Waals surface area contributed by atoms with E-state index in [-0.39, 0.29) is 0 Å². The Morgan fingerprint density at radius 1 is 1.16 bits per heavy atom. The Labute approximate surface area is 112 Å². The van der Waals surface area contributed by atoms with Crippen LogP contribution in [0.15, 0.2) is 6.33 Å². The minimum Gasteiger partial charge on any atom is -0.490 e. The van der Waals surface area contributed by atoms with Crippen LogP contribution < -0.4 is 20.9 Å². The van der Waals surface area contributed by atoms with Crippen LogP contribution in [0.2, 0.25) is 0 Å². The first-order valence-electron chi connectivity index (χ1n) is 5.86. The van der Waals surface area contributed by atoms with Crippen LogP contribution in [-0.4, -0.2) is 57.6 Å². The van der Waals surface area contributed by atoms with E-state index in [0.29, 0.717) is 43.7 Å². The summed E-state index contributed by atoms with van der Waals surface area (Å²) in [5.74, 6) is 6.99. The predicted molar refractivity (Wildman–Crippen MR) is 72.4 cm³/mol. The molecule has 0 radical (unpaired) electrons. The third-order valence-electron chi connectivity index (χ3n) is 2.56. The van der Waals surface area contributed by atoms with Crippen molar-refractivity contribution in [3.05, 3.63) is 6.33 Å². The van der Waals surface area contributed by atoms with Gasteiger partial charge >= 0.3 is 0 Å². The number of nitrogens with one attached hydrogen (secondary N) is 1. The topological polar surface area (TPSA) is 94.8 Å². The van der Waals surface area contributed by atoms with Crippen molar-refractivity contribution in [3.63, 3.8) is 0 Å². The van der Waals surface area contributed by atoms with Gasteiger partial charge in [0.15, 0.2) is 11.6 Å². The van der Waals surface area contributed by atoms with Crippen LogP contribution in [0.4, 0.5) is 11.6 Å². The molecule has 0 atom stereocenters. The van der Waals surface area contributed by atoms with E-state index < -0.39 is 0 Å². The molecule has 0 aliphatic heterocycles. The molecule has 1 aromatic heterocycles. The minimum atomic E-state index is 0.437. The van der Waals surface area contributed by atoms with Crippen LogP contribution in [0, 0.1) is 0 Å². The fourth-order valence-corrected chi connectivity index (χ4v) is 1.61. The Balaban J connectivity index is 2.98. The zero-order valence-corrected chi connectivity index (χ0v) is 11.5. The van der Waals surface area contributed by atoms with E-state index >= 15 is 0 Å². The number of methoxy groups -OCH3 is 3. The third-order valence-corrected chi connectivity index (χ3v) is 2.56. The smallest absolute Gasteiger partial charge is 0.205 e. The average Bonchev–Trinajstić information content (AvgIpc) is 2.46. The molecule has 0 saturated carbocycles. The van der Waals surface area contributed by atoms with Gasteiger partial charge in [0, 0.05) is 27.3 Å². The Morgan fingerprint density at radius 2 is 1.79 bits per heavy atom. The standard InChI is InChI=1S/C11H21N5O3/c1-17-6-4-16(5-7-18-2)11-9(19-3)10(15-12)13-8-14-11/h8H,4-7,12H2,1-3H3,(H,13,14,15). The molecule has 0 aliphatic carbocycles. The van der Waals surface area contributed by atoms with Gasteiger partial charge in [-0.1, -0.05) is 0 Å². The molecule has 3 N–H and O–H groups in total. The van der Waals surface area contributed by atoms with E-state index in [9.17, 15) is 0 Å². The molecule has 0 aromatic carbocycles. The molecule has 108 valence electrons. The zero-order chi connectivity index (χ0) is 14.1. The van der Waals surface area contributed by atoms with Crippen LogP contribution in [-0.2, 0) is 9.47 Å². The van der Waals surface area contributed by atoms with Crippen molar-refractivity contribution < 1.29 is 14.2 Å². The summed E-state index contributed by atoms with van der Waals surface area (Å²) in [6.45, 7) is 2.47. The summed E-state index contributed by atoms with van der Waals surface area (Å²) < 4.78 is 15.5. The minimum absolute atomic E-state index is 0.437. The first kappa shape index (κ1) is 15.4. The van der Waals surface area contributed by atoms with Crippen LogP contribution in [0.3, 0.4) is 0 Å². The van der Waals surface area contributed by atoms with E-state index in [2.05, 4.69) is 15.4 Å². The molecular weight excluding hydrogens is 250 g/mol. The maximum Gasteiger partial charge on any atom is 0.205 e. The lowest BCUT2D eigenvalue weighted by Gasteiger charge is -2.25. The summed E-state index contributed by atoms with van der Waals surface area (Å²) in [6, 6.07) is 0. The number of nitrogen functional groups attached to an aromatic ring is 1. The van der Waals surface area contributed by atoms with Crippen molar-refractivity contribution in [1.82, 2.24) is 9.97 Å². The van der Waals surface area contributed by atoms with Gasteiger partial charge in [0.2, 0.25) is 5.75 Å². The molecule has 1 rings (SSSR count). The fourth-order valence-electron chi connectivity index (χ4n) is 1.61. The van der Waals surface area contributed by atoms with Crippen molar-refractivity contribution >= 4 is 11.6 Å². The Hall–Kier alpha value is -1.64. The van der Waals surface area contributed by atoms with E-state index in [1.165, 1.54) is 6.33 Å². The number of rotatable bonds is 9. The van der Waals surface area contributed by atoms with E-state index in [4.69, 9.17) is 20.1 Å². The summed E-state index contributed by atoms with van der Waals surface area (Å²) in [6.07, 6.45) is 1.43. The molecule has 0 aliphatic rings. The molecule has 1 aromatic rings. The van der Waals surface area contributed by atoms with Crippen molar-refractivity contribution in [3.8, 4) is 5.75 Å². The SMILES string of the molecule is COCCN(CCOC)c1ncnc(NN)c1OC. The molecule has 0 bridgehead atoms. The highest BCUT2D eigenvalue weighted by molar-refractivity contribution is 5.64.